The van der Waals surface area contributed by atoms with Gasteiger partial charge in [0.05, 0.1) is 28.1 Å². The highest BCUT2D eigenvalue weighted by molar-refractivity contribution is 9.10. The van der Waals surface area contributed by atoms with Gasteiger partial charge in [0, 0.05) is 19.6 Å². The molecule has 1 fully saturated rings. The van der Waals surface area contributed by atoms with Crippen LogP contribution in [0, 0.1) is 0 Å². The van der Waals surface area contributed by atoms with Crippen LogP contribution in [-0.2, 0) is 24.1 Å². The quantitative estimate of drug-likeness (QED) is 0.927. The maximum atomic E-state index is 10.6. The van der Waals surface area contributed by atoms with Crippen molar-refractivity contribution in [2.45, 2.75) is 51.7 Å². The number of aliphatic hydroxyl groups is 1. The molecule has 5 heteroatoms. The molecule has 0 saturated carbocycles. The number of aromatic nitrogens is 2. The van der Waals surface area contributed by atoms with E-state index in [1.807, 2.05) is 4.68 Å². The van der Waals surface area contributed by atoms with Gasteiger partial charge in [0.1, 0.15) is 0 Å². The van der Waals surface area contributed by atoms with E-state index in [1.54, 1.807) is 0 Å². The van der Waals surface area contributed by atoms with Gasteiger partial charge in [-0.25, -0.2) is 0 Å². The fourth-order valence-electron chi connectivity index (χ4n) is 2.47. The van der Waals surface area contributed by atoms with E-state index in [2.05, 4.69) is 34.9 Å². The number of ether oxygens (including phenoxy) is 1. The lowest BCUT2D eigenvalue weighted by Crippen LogP contribution is -2.41. The molecule has 1 aromatic heterocycles. The third-order valence-electron chi connectivity index (χ3n) is 3.49. The average molecular weight is 317 g/mol. The predicted molar refractivity (Wildman–Crippen MR) is 73.7 cm³/mol. The molecule has 0 radical (unpaired) electrons. The molecule has 1 saturated heterocycles. The summed E-state index contributed by atoms with van der Waals surface area (Å²) in [5, 5.41) is 15.1. The highest BCUT2D eigenvalue weighted by Gasteiger charge is 2.33. The van der Waals surface area contributed by atoms with E-state index < -0.39 is 5.60 Å². The zero-order valence-corrected chi connectivity index (χ0v) is 12.7. The van der Waals surface area contributed by atoms with Crippen molar-refractivity contribution in [3.8, 4) is 0 Å². The Hall–Kier alpha value is -0.390. The Labute approximate surface area is 116 Å². The van der Waals surface area contributed by atoms with Gasteiger partial charge in [-0.05, 0) is 42.1 Å². The summed E-state index contributed by atoms with van der Waals surface area (Å²) >= 11 is 3.62. The summed E-state index contributed by atoms with van der Waals surface area (Å²) < 4.78 is 8.44. The Balaban J connectivity index is 2.24. The number of rotatable bonds is 4. The lowest BCUT2D eigenvalue weighted by Gasteiger charge is -2.32. The molecule has 102 valence electrons. The number of halogens is 1. The molecule has 18 heavy (non-hydrogen) atoms. The Morgan fingerprint density at radius 2 is 2.28 bits per heavy atom. The number of hydrogen-bond donors (Lipinski definition) is 1. The fourth-order valence-corrected chi connectivity index (χ4v) is 3.18. The fraction of sp³-hybridized carbons (Fsp3) is 0.769. The van der Waals surface area contributed by atoms with E-state index in [9.17, 15) is 5.11 Å². The van der Waals surface area contributed by atoms with Crippen molar-refractivity contribution in [3.05, 3.63) is 15.9 Å². The molecule has 0 aliphatic carbocycles. The minimum atomic E-state index is -0.737. The molecule has 2 heterocycles. The minimum Gasteiger partial charge on any atom is -0.387 e. The molecule has 0 bridgehead atoms. The van der Waals surface area contributed by atoms with Crippen molar-refractivity contribution in [2.24, 2.45) is 0 Å². The van der Waals surface area contributed by atoms with Gasteiger partial charge in [0.25, 0.3) is 0 Å². The summed E-state index contributed by atoms with van der Waals surface area (Å²) in [5.41, 5.74) is 1.41. The normalized spacial score (nSPS) is 24.4. The molecule has 2 rings (SSSR count). The molecular weight excluding hydrogens is 296 g/mol. The van der Waals surface area contributed by atoms with Crippen molar-refractivity contribution < 1.29 is 9.84 Å². The van der Waals surface area contributed by atoms with Crippen LogP contribution >= 0.6 is 15.9 Å². The van der Waals surface area contributed by atoms with Gasteiger partial charge in [0.2, 0.25) is 0 Å². The van der Waals surface area contributed by atoms with Gasteiger partial charge >= 0.3 is 0 Å². The monoisotopic (exact) mass is 316 g/mol. The number of nitrogens with zero attached hydrogens (tertiary/aromatic N) is 2. The summed E-state index contributed by atoms with van der Waals surface area (Å²) in [4.78, 5) is 0. The van der Waals surface area contributed by atoms with Crippen LogP contribution in [0.25, 0.3) is 0 Å². The molecule has 0 amide bonds. The van der Waals surface area contributed by atoms with Crippen molar-refractivity contribution >= 4 is 15.9 Å². The van der Waals surface area contributed by atoms with E-state index >= 15 is 0 Å². The first kappa shape index (κ1) is 14.0. The van der Waals surface area contributed by atoms with Gasteiger partial charge in [-0.1, -0.05) is 6.92 Å². The lowest BCUT2D eigenvalue weighted by atomic mass is 9.91. The highest BCUT2D eigenvalue weighted by Crippen LogP contribution is 2.29. The highest BCUT2D eigenvalue weighted by atomic mass is 79.9. The maximum absolute atomic E-state index is 10.6. The van der Waals surface area contributed by atoms with Crippen LogP contribution in [-0.4, -0.2) is 33.7 Å². The third kappa shape index (κ3) is 2.78. The summed E-state index contributed by atoms with van der Waals surface area (Å²) in [5.74, 6) is 0. The minimum absolute atomic E-state index is 0.426. The third-order valence-corrected chi connectivity index (χ3v) is 4.41. The molecule has 1 atom stereocenters. The Bertz CT molecular complexity index is 411. The Morgan fingerprint density at radius 3 is 2.83 bits per heavy atom. The Morgan fingerprint density at radius 1 is 1.50 bits per heavy atom. The van der Waals surface area contributed by atoms with Crippen molar-refractivity contribution in [1.82, 2.24) is 9.78 Å². The smallest absolute Gasteiger partial charge is 0.0936 e. The van der Waals surface area contributed by atoms with Gasteiger partial charge in [0.15, 0.2) is 0 Å². The molecule has 1 aliphatic heterocycles. The number of hydrogen-bond acceptors (Lipinski definition) is 3. The van der Waals surface area contributed by atoms with Crippen LogP contribution < -0.4 is 0 Å². The van der Waals surface area contributed by atoms with Crippen molar-refractivity contribution in [2.75, 3.05) is 13.2 Å². The van der Waals surface area contributed by atoms with Crippen molar-refractivity contribution in [3.63, 3.8) is 0 Å². The van der Waals surface area contributed by atoms with Crippen LogP contribution in [0.2, 0.25) is 0 Å². The second-order valence-corrected chi connectivity index (χ2v) is 5.73. The van der Waals surface area contributed by atoms with E-state index in [0.717, 1.165) is 48.3 Å². The number of aryl methyl sites for hydroxylation is 2. The first-order chi connectivity index (χ1) is 8.59. The molecule has 1 N–H and O–H groups in total. The van der Waals surface area contributed by atoms with Gasteiger partial charge in [-0.15, -0.1) is 0 Å². The van der Waals surface area contributed by atoms with Gasteiger partial charge in [-0.2, -0.15) is 5.10 Å². The lowest BCUT2D eigenvalue weighted by molar-refractivity contribution is -0.0855. The summed E-state index contributed by atoms with van der Waals surface area (Å²) in [6.45, 7) is 6.18. The maximum Gasteiger partial charge on any atom is 0.0936 e. The zero-order valence-electron chi connectivity index (χ0n) is 11.1. The van der Waals surface area contributed by atoms with Crippen molar-refractivity contribution in [1.29, 1.82) is 0 Å². The van der Waals surface area contributed by atoms with Gasteiger partial charge < -0.3 is 9.84 Å². The summed E-state index contributed by atoms with van der Waals surface area (Å²) in [7, 11) is 0. The van der Waals surface area contributed by atoms with Gasteiger partial charge in [-0.3, -0.25) is 4.68 Å². The first-order valence-electron chi connectivity index (χ1n) is 6.64. The van der Waals surface area contributed by atoms with Crippen LogP contribution in [0.3, 0.4) is 0 Å². The van der Waals surface area contributed by atoms with Crippen LogP contribution in [0.5, 0.6) is 0 Å². The second-order valence-electron chi connectivity index (χ2n) is 4.93. The van der Waals surface area contributed by atoms with E-state index in [0.29, 0.717) is 13.0 Å². The van der Waals surface area contributed by atoms with Crippen LogP contribution in [0.4, 0.5) is 0 Å². The summed E-state index contributed by atoms with van der Waals surface area (Å²) in [6.07, 6.45) is 3.23. The molecule has 0 spiro atoms. The van der Waals surface area contributed by atoms with Crippen LogP contribution in [0.15, 0.2) is 4.47 Å². The largest absolute Gasteiger partial charge is 0.387 e. The van der Waals surface area contributed by atoms with E-state index in [-0.39, 0.29) is 0 Å². The molecule has 1 aromatic rings. The molecular formula is C13H21BrN2O2. The van der Waals surface area contributed by atoms with E-state index in [4.69, 9.17) is 4.74 Å². The molecule has 4 nitrogen and oxygen atoms in total. The Kier molecular flexibility index (Phi) is 4.45. The molecule has 1 aliphatic rings. The molecule has 0 aromatic carbocycles. The topological polar surface area (TPSA) is 47.3 Å². The zero-order chi connectivity index (χ0) is 13.2. The SMILES string of the molecule is CCc1nn(CC)c(CC2(O)CCCOC2)c1Br. The van der Waals surface area contributed by atoms with E-state index in [1.165, 1.54) is 0 Å². The first-order valence-corrected chi connectivity index (χ1v) is 7.43. The molecule has 1 unspecified atom stereocenters. The average Bonchev–Trinajstić information content (AvgIpc) is 2.67. The predicted octanol–water partition coefficient (Wildman–Crippen LogP) is 2.31. The standard InChI is InChI=1S/C13H21BrN2O2/c1-3-10-12(14)11(16(4-2)15-10)8-13(17)6-5-7-18-9-13/h17H,3-9H2,1-2H3. The summed E-state index contributed by atoms with van der Waals surface area (Å²) in [6, 6.07) is 0. The van der Waals surface area contributed by atoms with Crippen LogP contribution in [0.1, 0.15) is 38.1 Å². The second kappa shape index (κ2) is 5.72.